The molecule has 2 N–H and O–H groups in total. The number of halogens is 1. The van der Waals surface area contributed by atoms with Crippen molar-refractivity contribution in [1.29, 1.82) is 0 Å². The number of methoxy groups -OCH3 is 1. The molecule has 2 heterocycles. The van der Waals surface area contributed by atoms with E-state index in [4.69, 9.17) is 9.47 Å². The minimum Gasteiger partial charge on any atom is -0.493 e. The van der Waals surface area contributed by atoms with E-state index in [-0.39, 0.29) is 5.91 Å². The van der Waals surface area contributed by atoms with E-state index in [0.29, 0.717) is 35.3 Å². The number of hydrogen-bond acceptors (Lipinski definition) is 6. The Bertz CT molecular complexity index is 1500. The number of carbonyl (C=O) groups excluding carboxylic acids is 1. The lowest BCUT2D eigenvalue weighted by Crippen LogP contribution is -2.31. The van der Waals surface area contributed by atoms with Gasteiger partial charge in [0.2, 0.25) is 5.95 Å². The van der Waals surface area contributed by atoms with Gasteiger partial charge in [0.25, 0.3) is 5.91 Å². The molecule has 0 saturated heterocycles. The van der Waals surface area contributed by atoms with Crippen LogP contribution >= 0.6 is 15.9 Å². The number of carbonyl (C=O) groups is 1. The Morgan fingerprint density at radius 3 is 2.68 bits per heavy atom. The third-order valence-electron chi connectivity index (χ3n) is 6.36. The number of aromatic nitrogens is 3. The molecule has 0 saturated carbocycles. The van der Waals surface area contributed by atoms with Crippen molar-refractivity contribution >= 4 is 33.5 Å². The summed E-state index contributed by atoms with van der Waals surface area (Å²) in [6.45, 7) is 4.34. The zero-order valence-corrected chi connectivity index (χ0v) is 23.0. The molecule has 3 aromatic carbocycles. The van der Waals surface area contributed by atoms with Crippen LogP contribution in [0.5, 0.6) is 11.5 Å². The van der Waals surface area contributed by atoms with E-state index in [1.54, 1.807) is 11.8 Å². The van der Waals surface area contributed by atoms with Gasteiger partial charge in [0.15, 0.2) is 11.5 Å². The minimum absolute atomic E-state index is 0.231. The zero-order valence-electron chi connectivity index (χ0n) is 21.4. The predicted molar refractivity (Wildman–Crippen MR) is 151 cm³/mol. The van der Waals surface area contributed by atoms with Crippen molar-refractivity contribution in [2.24, 2.45) is 0 Å². The second kappa shape index (κ2) is 11.1. The lowest BCUT2D eigenvalue weighted by molar-refractivity contribution is -0.113. The highest BCUT2D eigenvalue weighted by atomic mass is 79.9. The highest BCUT2D eigenvalue weighted by molar-refractivity contribution is 9.10. The highest BCUT2D eigenvalue weighted by Gasteiger charge is 2.34. The Labute approximate surface area is 229 Å². The van der Waals surface area contributed by atoms with Crippen LogP contribution in [0, 0.1) is 6.92 Å². The van der Waals surface area contributed by atoms with Gasteiger partial charge in [-0.2, -0.15) is 10.1 Å². The number of rotatable bonds is 8. The standard InChI is InChI=1S/C29H28BrN5O3/c1-18-8-7-11-22(14-18)34-28(36)25-19(2)33-29-31-17-32-35(29)26(25)21-15-23(30)27(24(16-21)37-3)38-13-12-20-9-5-4-6-10-20/h4-11,14-17,26H,12-13H2,1-3H3,(H,34,36)(H,31,32,33). The first-order valence-electron chi connectivity index (χ1n) is 12.2. The Kier molecular flexibility index (Phi) is 7.46. The Hall–Kier alpha value is -4.11. The maximum atomic E-state index is 13.6. The first-order valence-corrected chi connectivity index (χ1v) is 13.0. The van der Waals surface area contributed by atoms with Crippen molar-refractivity contribution in [1.82, 2.24) is 14.8 Å². The van der Waals surface area contributed by atoms with E-state index >= 15 is 0 Å². The molecule has 1 amide bonds. The average molecular weight is 574 g/mol. The number of anilines is 2. The smallest absolute Gasteiger partial charge is 0.255 e. The molecule has 194 valence electrons. The summed E-state index contributed by atoms with van der Waals surface area (Å²) < 4.78 is 14.3. The van der Waals surface area contributed by atoms with Gasteiger partial charge in [0, 0.05) is 17.8 Å². The van der Waals surface area contributed by atoms with E-state index < -0.39 is 6.04 Å². The number of hydrogen-bond donors (Lipinski definition) is 2. The quantitative estimate of drug-likeness (QED) is 0.272. The van der Waals surface area contributed by atoms with E-state index in [2.05, 4.69) is 48.8 Å². The van der Waals surface area contributed by atoms with Crippen molar-refractivity contribution < 1.29 is 14.3 Å². The van der Waals surface area contributed by atoms with E-state index in [1.165, 1.54) is 11.9 Å². The van der Waals surface area contributed by atoms with Crippen molar-refractivity contribution in [3.63, 3.8) is 0 Å². The van der Waals surface area contributed by atoms with Crippen LogP contribution in [0.1, 0.15) is 29.7 Å². The summed E-state index contributed by atoms with van der Waals surface area (Å²) in [5.74, 6) is 1.48. The zero-order chi connectivity index (χ0) is 26.6. The maximum absolute atomic E-state index is 13.6. The van der Waals surface area contributed by atoms with Crippen molar-refractivity contribution in [3.05, 3.63) is 105 Å². The summed E-state index contributed by atoms with van der Waals surface area (Å²) >= 11 is 3.67. The van der Waals surface area contributed by atoms with Crippen molar-refractivity contribution in [2.75, 3.05) is 24.4 Å². The second-order valence-electron chi connectivity index (χ2n) is 9.04. The van der Waals surface area contributed by atoms with E-state index in [9.17, 15) is 4.79 Å². The average Bonchev–Trinajstić information content (AvgIpc) is 3.37. The Morgan fingerprint density at radius 1 is 1.11 bits per heavy atom. The third-order valence-corrected chi connectivity index (χ3v) is 6.95. The summed E-state index contributed by atoms with van der Waals surface area (Å²) in [6.07, 6.45) is 2.23. The van der Waals surface area contributed by atoms with Crippen LogP contribution in [-0.2, 0) is 11.2 Å². The van der Waals surface area contributed by atoms with Gasteiger partial charge in [-0.15, -0.1) is 0 Å². The number of aryl methyl sites for hydroxylation is 1. The third kappa shape index (κ3) is 5.28. The lowest BCUT2D eigenvalue weighted by atomic mass is 9.94. The van der Waals surface area contributed by atoms with E-state index in [0.717, 1.165) is 27.7 Å². The molecule has 38 heavy (non-hydrogen) atoms. The van der Waals surface area contributed by atoms with E-state index in [1.807, 2.05) is 68.4 Å². The van der Waals surface area contributed by atoms with Crippen LogP contribution in [0.3, 0.4) is 0 Å². The number of benzene rings is 3. The predicted octanol–water partition coefficient (Wildman–Crippen LogP) is 5.91. The number of fused-ring (bicyclic) bond motifs is 1. The molecule has 0 radical (unpaired) electrons. The fraction of sp³-hybridized carbons (Fsp3) is 0.207. The molecular weight excluding hydrogens is 546 g/mol. The van der Waals surface area contributed by atoms with Gasteiger partial charge in [-0.3, -0.25) is 4.79 Å². The number of nitrogens with zero attached hydrogens (tertiary/aromatic N) is 3. The van der Waals surface area contributed by atoms with Gasteiger partial charge in [0.1, 0.15) is 12.4 Å². The largest absolute Gasteiger partial charge is 0.493 e. The molecule has 5 rings (SSSR count). The number of nitrogens with one attached hydrogen (secondary N) is 2. The van der Waals surface area contributed by atoms with Gasteiger partial charge in [-0.25, -0.2) is 4.68 Å². The van der Waals surface area contributed by atoms with Crippen LogP contribution in [0.4, 0.5) is 11.6 Å². The van der Waals surface area contributed by atoms with Gasteiger partial charge >= 0.3 is 0 Å². The Balaban J connectivity index is 1.47. The molecule has 0 spiro atoms. The number of amides is 1. The van der Waals surface area contributed by atoms with Crippen LogP contribution in [0.15, 0.2) is 88.8 Å². The number of allylic oxidation sites excluding steroid dienone is 1. The molecule has 1 unspecified atom stereocenters. The second-order valence-corrected chi connectivity index (χ2v) is 9.89. The first kappa shape index (κ1) is 25.5. The SMILES string of the molecule is COc1cc(C2C(C(=O)Nc3cccc(C)c3)=C(C)Nc3ncnn32)cc(Br)c1OCCc1ccccc1. The first-order chi connectivity index (χ1) is 18.4. The molecular formula is C29H28BrN5O3. The molecule has 0 fully saturated rings. The van der Waals surface area contributed by atoms with Gasteiger partial charge in [-0.1, -0.05) is 42.5 Å². The monoisotopic (exact) mass is 573 g/mol. The number of ether oxygens (including phenoxy) is 2. The summed E-state index contributed by atoms with van der Waals surface area (Å²) in [5, 5.41) is 10.7. The molecule has 1 aliphatic heterocycles. The van der Waals surface area contributed by atoms with Crippen LogP contribution in [-0.4, -0.2) is 34.4 Å². The molecule has 8 nitrogen and oxygen atoms in total. The maximum Gasteiger partial charge on any atom is 0.255 e. The summed E-state index contributed by atoms with van der Waals surface area (Å²) in [6, 6.07) is 21.2. The van der Waals surface area contributed by atoms with Gasteiger partial charge < -0.3 is 20.1 Å². The van der Waals surface area contributed by atoms with Crippen LogP contribution < -0.4 is 20.1 Å². The van der Waals surface area contributed by atoms with Crippen molar-refractivity contribution in [2.45, 2.75) is 26.3 Å². The van der Waals surface area contributed by atoms with Gasteiger partial charge in [-0.05, 0) is 70.7 Å². The highest BCUT2D eigenvalue weighted by Crippen LogP contribution is 2.42. The molecule has 0 bridgehead atoms. The molecule has 4 aromatic rings. The fourth-order valence-corrected chi connectivity index (χ4v) is 5.14. The normalized spacial score (nSPS) is 14.5. The Morgan fingerprint density at radius 2 is 1.92 bits per heavy atom. The summed E-state index contributed by atoms with van der Waals surface area (Å²) in [5.41, 5.74) is 4.99. The lowest BCUT2D eigenvalue weighted by Gasteiger charge is -2.29. The molecule has 1 aliphatic rings. The molecule has 1 aromatic heterocycles. The summed E-state index contributed by atoms with van der Waals surface area (Å²) in [7, 11) is 1.60. The van der Waals surface area contributed by atoms with Crippen molar-refractivity contribution in [3.8, 4) is 11.5 Å². The molecule has 1 atom stereocenters. The van der Waals surface area contributed by atoms with Crippen LogP contribution in [0.2, 0.25) is 0 Å². The summed E-state index contributed by atoms with van der Waals surface area (Å²) in [4.78, 5) is 18.0. The minimum atomic E-state index is -0.540. The molecule has 9 heteroatoms. The van der Waals surface area contributed by atoms with Crippen LogP contribution in [0.25, 0.3) is 0 Å². The molecule has 0 aliphatic carbocycles. The van der Waals surface area contributed by atoms with Gasteiger partial charge in [0.05, 0.1) is 23.8 Å². The topological polar surface area (TPSA) is 90.3 Å². The fourth-order valence-electron chi connectivity index (χ4n) is 4.57.